The van der Waals surface area contributed by atoms with Gasteiger partial charge >= 0.3 is 5.69 Å². The molecule has 0 aromatic carbocycles. The molecule has 132 valence electrons. The smallest absolute Gasteiger partial charge is 0.276 e. The van der Waals surface area contributed by atoms with Crippen molar-refractivity contribution < 1.29 is 9.72 Å². The van der Waals surface area contributed by atoms with Crippen LogP contribution in [0.3, 0.4) is 0 Å². The summed E-state index contributed by atoms with van der Waals surface area (Å²) in [7, 11) is 0. The van der Waals surface area contributed by atoms with E-state index in [0.29, 0.717) is 11.4 Å². The van der Waals surface area contributed by atoms with Crippen molar-refractivity contribution >= 4 is 17.4 Å². The van der Waals surface area contributed by atoms with Crippen molar-refractivity contribution in [1.29, 1.82) is 0 Å². The molecule has 0 spiro atoms. The first-order valence-electron chi connectivity index (χ1n) is 7.48. The van der Waals surface area contributed by atoms with Gasteiger partial charge in [0.15, 0.2) is 0 Å². The third kappa shape index (κ3) is 3.31. The molecule has 0 saturated heterocycles. The van der Waals surface area contributed by atoms with Gasteiger partial charge in [-0.2, -0.15) is 5.10 Å². The van der Waals surface area contributed by atoms with Crippen LogP contribution in [0.5, 0.6) is 0 Å². The number of hydrazine groups is 1. The average molecular weight is 354 g/mol. The molecule has 0 bridgehead atoms. The molecule has 3 aromatic heterocycles. The second kappa shape index (κ2) is 6.93. The van der Waals surface area contributed by atoms with Crippen molar-refractivity contribution in [3.8, 4) is 5.82 Å². The van der Waals surface area contributed by atoms with Gasteiger partial charge in [-0.3, -0.25) is 30.7 Å². The first-order chi connectivity index (χ1) is 12.5. The van der Waals surface area contributed by atoms with E-state index < -0.39 is 16.5 Å². The average Bonchev–Trinajstić information content (AvgIpc) is 2.98. The summed E-state index contributed by atoms with van der Waals surface area (Å²) in [6.07, 6.45) is 2.61. The van der Waals surface area contributed by atoms with Crippen LogP contribution in [0.25, 0.3) is 5.82 Å². The summed E-state index contributed by atoms with van der Waals surface area (Å²) in [5.41, 5.74) is 5.88. The molecule has 3 aromatic rings. The van der Waals surface area contributed by atoms with Gasteiger partial charge in [0.2, 0.25) is 11.6 Å². The van der Waals surface area contributed by atoms with E-state index in [1.54, 1.807) is 32.0 Å². The summed E-state index contributed by atoms with van der Waals surface area (Å²) in [5, 5.41) is 15.8. The number of nitrogens with zero attached hydrogens (tertiary/aromatic N) is 6. The van der Waals surface area contributed by atoms with Gasteiger partial charge in [-0.25, -0.2) is 14.6 Å². The van der Waals surface area contributed by atoms with Crippen LogP contribution in [0, 0.1) is 24.0 Å². The first-order valence-corrected chi connectivity index (χ1v) is 7.48. The lowest BCUT2D eigenvalue weighted by molar-refractivity contribution is -0.384. The van der Waals surface area contributed by atoms with Crippen LogP contribution in [-0.2, 0) is 0 Å². The van der Waals surface area contributed by atoms with E-state index >= 15 is 0 Å². The normalized spacial score (nSPS) is 10.4. The Bertz CT molecular complexity index is 970. The summed E-state index contributed by atoms with van der Waals surface area (Å²) in [6, 6.07) is 6.59. The van der Waals surface area contributed by atoms with Crippen LogP contribution in [0.1, 0.15) is 21.9 Å². The van der Waals surface area contributed by atoms with E-state index in [4.69, 9.17) is 0 Å². The van der Waals surface area contributed by atoms with E-state index in [2.05, 4.69) is 30.9 Å². The highest BCUT2D eigenvalue weighted by Gasteiger charge is 2.26. The molecule has 0 aliphatic rings. The third-order valence-electron chi connectivity index (χ3n) is 3.39. The molecule has 2 N–H and O–H groups in total. The quantitative estimate of drug-likeness (QED) is 0.516. The Morgan fingerprint density at radius 1 is 1.23 bits per heavy atom. The molecule has 0 saturated carbocycles. The second-order valence-electron chi connectivity index (χ2n) is 5.28. The van der Waals surface area contributed by atoms with Gasteiger partial charge in [-0.05, 0) is 32.0 Å². The van der Waals surface area contributed by atoms with Crippen LogP contribution in [-0.4, -0.2) is 35.6 Å². The predicted molar refractivity (Wildman–Crippen MR) is 90.6 cm³/mol. The number of carbonyl (C=O) groups is 1. The van der Waals surface area contributed by atoms with Crippen molar-refractivity contribution in [3.63, 3.8) is 0 Å². The van der Waals surface area contributed by atoms with E-state index in [1.807, 2.05) is 0 Å². The summed E-state index contributed by atoms with van der Waals surface area (Å²) < 4.78 is 1.35. The zero-order valence-corrected chi connectivity index (χ0v) is 13.9. The maximum atomic E-state index is 12.0. The van der Waals surface area contributed by atoms with E-state index in [9.17, 15) is 14.9 Å². The zero-order chi connectivity index (χ0) is 18.7. The Morgan fingerprint density at radius 2 is 2.04 bits per heavy atom. The summed E-state index contributed by atoms with van der Waals surface area (Å²) >= 11 is 0. The lowest BCUT2D eigenvalue weighted by Crippen LogP contribution is -2.31. The molecule has 11 nitrogen and oxygen atoms in total. The lowest BCUT2D eigenvalue weighted by Gasteiger charge is -2.10. The minimum atomic E-state index is -0.638. The number of nitro groups is 1. The van der Waals surface area contributed by atoms with Crippen LogP contribution < -0.4 is 10.9 Å². The second-order valence-corrected chi connectivity index (χ2v) is 5.28. The number of pyridine rings is 1. The number of carbonyl (C=O) groups excluding carboxylic acids is 1. The Kier molecular flexibility index (Phi) is 4.51. The molecule has 0 atom stereocenters. The Balaban J connectivity index is 1.93. The molecular weight excluding hydrogens is 340 g/mol. The fourth-order valence-electron chi connectivity index (χ4n) is 2.30. The molecule has 3 heterocycles. The van der Waals surface area contributed by atoms with E-state index in [0.717, 1.165) is 6.33 Å². The molecule has 0 aliphatic carbocycles. The minimum Gasteiger partial charge on any atom is -0.276 e. The summed E-state index contributed by atoms with van der Waals surface area (Å²) in [6.45, 7) is 3.52. The highest BCUT2D eigenvalue weighted by molar-refractivity contribution is 5.93. The molecule has 26 heavy (non-hydrogen) atoms. The molecule has 0 unspecified atom stereocenters. The summed E-state index contributed by atoms with van der Waals surface area (Å²) in [5.74, 6) is -0.742. The topological polar surface area (TPSA) is 141 Å². The SMILES string of the molecule is Cc1cc(C)n(-c2ncnc(NNC(=O)c3ccccn3)c2[N+](=O)[O-])n1. The molecule has 1 amide bonds. The monoisotopic (exact) mass is 354 g/mol. The maximum absolute atomic E-state index is 12.0. The highest BCUT2D eigenvalue weighted by atomic mass is 16.6. The number of aryl methyl sites for hydroxylation is 2. The van der Waals surface area contributed by atoms with Gasteiger partial charge in [-0.15, -0.1) is 0 Å². The van der Waals surface area contributed by atoms with E-state index in [-0.39, 0.29) is 17.3 Å². The number of aromatic nitrogens is 5. The molecule has 11 heteroatoms. The number of hydrogen-bond donors (Lipinski definition) is 2. The van der Waals surface area contributed by atoms with Crippen molar-refractivity contribution in [3.05, 3.63) is 64.0 Å². The number of nitrogens with one attached hydrogen (secondary N) is 2. The Labute approximate surface area is 147 Å². The van der Waals surface area contributed by atoms with Gasteiger partial charge in [0, 0.05) is 11.9 Å². The highest BCUT2D eigenvalue weighted by Crippen LogP contribution is 2.27. The Morgan fingerprint density at radius 3 is 2.65 bits per heavy atom. The number of hydrogen-bond acceptors (Lipinski definition) is 8. The molecule has 0 aliphatic heterocycles. The van der Waals surface area contributed by atoms with Crippen LogP contribution >= 0.6 is 0 Å². The van der Waals surface area contributed by atoms with Gasteiger partial charge in [0.05, 0.1) is 10.6 Å². The number of anilines is 1. The van der Waals surface area contributed by atoms with Crippen LogP contribution in [0.4, 0.5) is 11.5 Å². The van der Waals surface area contributed by atoms with Crippen molar-refractivity contribution in [2.75, 3.05) is 5.43 Å². The van der Waals surface area contributed by atoms with Crippen LogP contribution in [0.2, 0.25) is 0 Å². The van der Waals surface area contributed by atoms with Gasteiger partial charge in [-0.1, -0.05) is 6.07 Å². The third-order valence-corrected chi connectivity index (χ3v) is 3.39. The van der Waals surface area contributed by atoms with Crippen LogP contribution in [0.15, 0.2) is 36.8 Å². The zero-order valence-electron chi connectivity index (χ0n) is 13.9. The maximum Gasteiger partial charge on any atom is 0.357 e. The largest absolute Gasteiger partial charge is 0.357 e. The molecular formula is C15H14N8O3. The summed E-state index contributed by atoms with van der Waals surface area (Å²) in [4.78, 5) is 34.7. The van der Waals surface area contributed by atoms with Crippen molar-refractivity contribution in [1.82, 2.24) is 30.2 Å². The van der Waals surface area contributed by atoms with Gasteiger partial charge < -0.3 is 0 Å². The first kappa shape index (κ1) is 17.0. The minimum absolute atomic E-state index is 0.00909. The van der Waals surface area contributed by atoms with E-state index in [1.165, 1.54) is 16.9 Å². The number of amides is 1. The fraction of sp³-hybridized carbons (Fsp3) is 0.133. The molecule has 0 radical (unpaired) electrons. The van der Waals surface area contributed by atoms with Gasteiger partial charge in [0.1, 0.15) is 12.0 Å². The standard InChI is InChI=1S/C15H14N8O3/c1-9-7-10(2)22(21-9)14-12(23(25)26)13(17-8-18-14)19-20-15(24)11-5-3-4-6-16-11/h3-8H,1-2H3,(H,20,24)(H,17,18,19). The Hall–Kier alpha value is -3.89. The lowest BCUT2D eigenvalue weighted by atomic mass is 10.3. The van der Waals surface area contributed by atoms with Gasteiger partial charge in [0.25, 0.3) is 5.91 Å². The predicted octanol–water partition coefficient (Wildman–Crippen LogP) is 1.34. The number of rotatable bonds is 5. The van der Waals surface area contributed by atoms with Crippen molar-refractivity contribution in [2.45, 2.75) is 13.8 Å². The van der Waals surface area contributed by atoms with Crippen molar-refractivity contribution in [2.24, 2.45) is 0 Å². The molecule has 0 fully saturated rings. The fourth-order valence-corrected chi connectivity index (χ4v) is 2.30. The molecule has 3 rings (SSSR count).